The molecule has 0 aliphatic rings. The summed E-state index contributed by atoms with van der Waals surface area (Å²) in [4.78, 5) is 6.32. The van der Waals surface area contributed by atoms with Gasteiger partial charge < -0.3 is 4.90 Å². The predicted molar refractivity (Wildman–Crippen MR) is 57.4 cm³/mol. The summed E-state index contributed by atoms with van der Waals surface area (Å²) >= 11 is 0. The van der Waals surface area contributed by atoms with Crippen molar-refractivity contribution in [3.05, 3.63) is 0 Å². The standard InChI is InChI=1S/C9H22N4/c1-6-11-9(12-10)13(5)8(4)7(2)3/h7-8H,6,10H2,1-5H3,(H,11,12). The van der Waals surface area contributed by atoms with Crippen molar-refractivity contribution in [2.75, 3.05) is 13.6 Å². The Morgan fingerprint density at radius 1 is 1.46 bits per heavy atom. The van der Waals surface area contributed by atoms with Crippen molar-refractivity contribution in [3.8, 4) is 0 Å². The molecule has 0 saturated carbocycles. The Labute approximate surface area is 81.2 Å². The first-order chi connectivity index (χ1) is 6.04. The van der Waals surface area contributed by atoms with Gasteiger partial charge in [-0.05, 0) is 19.8 Å². The van der Waals surface area contributed by atoms with E-state index in [1.54, 1.807) is 0 Å². The Morgan fingerprint density at radius 2 is 2.00 bits per heavy atom. The Balaban J connectivity index is 4.36. The van der Waals surface area contributed by atoms with Crippen molar-refractivity contribution < 1.29 is 0 Å². The molecule has 4 nitrogen and oxygen atoms in total. The molecular formula is C9H22N4. The zero-order chi connectivity index (χ0) is 10.4. The maximum Gasteiger partial charge on any atom is 0.208 e. The van der Waals surface area contributed by atoms with E-state index in [1.165, 1.54) is 0 Å². The van der Waals surface area contributed by atoms with E-state index in [4.69, 9.17) is 5.84 Å². The highest BCUT2D eigenvalue weighted by Crippen LogP contribution is 2.07. The fourth-order valence-electron chi connectivity index (χ4n) is 1.05. The minimum atomic E-state index is 0.432. The zero-order valence-corrected chi connectivity index (χ0v) is 9.33. The number of nitrogens with two attached hydrogens (primary N) is 1. The predicted octanol–water partition coefficient (Wildman–Crippen LogP) is 0.802. The van der Waals surface area contributed by atoms with E-state index in [0.29, 0.717) is 12.0 Å². The highest BCUT2D eigenvalue weighted by atomic mass is 15.4. The van der Waals surface area contributed by atoms with Crippen LogP contribution in [0.1, 0.15) is 27.7 Å². The van der Waals surface area contributed by atoms with Gasteiger partial charge in [0.1, 0.15) is 0 Å². The fraction of sp³-hybridized carbons (Fsp3) is 0.889. The van der Waals surface area contributed by atoms with E-state index in [2.05, 4.69) is 36.1 Å². The molecule has 0 aliphatic carbocycles. The largest absolute Gasteiger partial charge is 0.342 e. The van der Waals surface area contributed by atoms with Gasteiger partial charge in [-0.2, -0.15) is 0 Å². The van der Waals surface area contributed by atoms with Crippen LogP contribution in [0.2, 0.25) is 0 Å². The van der Waals surface area contributed by atoms with Gasteiger partial charge in [-0.1, -0.05) is 13.8 Å². The Hall–Kier alpha value is -0.770. The van der Waals surface area contributed by atoms with Gasteiger partial charge >= 0.3 is 0 Å². The van der Waals surface area contributed by atoms with Gasteiger partial charge in [0.25, 0.3) is 0 Å². The molecule has 0 aromatic carbocycles. The third-order valence-corrected chi connectivity index (χ3v) is 2.35. The molecule has 0 heterocycles. The lowest BCUT2D eigenvalue weighted by Gasteiger charge is -2.30. The van der Waals surface area contributed by atoms with Crippen molar-refractivity contribution in [1.29, 1.82) is 0 Å². The van der Waals surface area contributed by atoms with Gasteiger partial charge in [0.05, 0.1) is 0 Å². The lowest BCUT2D eigenvalue weighted by Crippen LogP contribution is -2.48. The van der Waals surface area contributed by atoms with Crippen LogP contribution >= 0.6 is 0 Å². The summed E-state index contributed by atoms with van der Waals surface area (Å²) in [6, 6.07) is 0.432. The van der Waals surface area contributed by atoms with Crippen LogP contribution in [0.15, 0.2) is 4.99 Å². The van der Waals surface area contributed by atoms with Crippen molar-refractivity contribution in [1.82, 2.24) is 10.3 Å². The monoisotopic (exact) mass is 186 g/mol. The molecule has 4 heteroatoms. The number of nitrogens with zero attached hydrogens (tertiary/aromatic N) is 2. The van der Waals surface area contributed by atoms with Crippen LogP contribution in [0.25, 0.3) is 0 Å². The Kier molecular flexibility index (Phi) is 5.46. The molecule has 0 fully saturated rings. The van der Waals surface area contributed by atoms with Crippen molar-refractivity contribution in [2.24, 2.45) is 16.8 Å². The molecule has 0 aliphatic heterocycles. The molecule has 0 spiro atoms. The molecule has 3 N–H and O–H groups in total. The van der Waals surface area contributed by atoms with Crippen molar-refractivity contribution in [3.63, 3.8) is 0 Å². The van der Waals surface area contributed by atoms with Crippen molar-refractivity contribution >= 4 is 5.96 Å². The van der Waals surface area contributed by atoms with Crippen LogP contribution in [0.4, 0.5) is 0 Å². The summed E-state index contributed by atoms with van der Waals surface area (Å²) < 4.78 is 0. The van der Waals surface area contributed by atoms with Gasteiger partial charge in [0, 0.05) is 19.6 Å². The summed E-state index contributed by atoms with van der Waals surface area (Å²) in [5, 5.41) is 0. The smallest absolute Gasteiger partial charge is 0.208 e. The number of hydrogen-bond acceptors (Lipinski definition) is 2. The van der Waals surface area contributed by atoms with Crippen LogP contribution in [-0.2, 0) is 0 Å². The highest BCUT2D eigenvalue weighted by molar-refractivity contribution is 5.79. The van der Waals surface area contributed by atoms with Crippen LogP contribution in [0, 0.1) is 5.92 Å². The topological polar surface area (TPSA) is 53.6 Å². The molecule has 0 aromatic heterocycles. The average molecular weight is 186 g/mol. The second kappa shape index (κ2) is 5.80. The molecule has 1 atom stereocenters. The first kappa shape index (κ1) is 12.2. The molecule has 1 unspecified atom stereocenters. The molecule has 0 rings (SSSR count). The Bertz CT molecular complexity index is 165. The third kappa shape index (κ3) is 3.63. The fourth-order valence-corrected chi connectivity index (χ4v) is 1.05. The SMILES string of the molecule is CCN=C(NN)N(C)C(C)C(C)C. The number of hydrazine groups is 1. The first-order valence-corrected chi connectivity index (χ1v) is 4.78. The summed E-state index contributed by atoms with van der Waals surface area (Å²) in [7, 11) is 2.00. The van der Waals surface area contributed by atoms with Crippen LogP contribution in [0.5, 0.6) is 0 Å². The van der Waals surface area contributed by atoms with E-state index in [1.807, 2.05) is 14.0 Å². The normalized spacial score (nSPS) is 14.5. The van der Waals surface area contributed by atoms with E-state index < -0.39 is 0 Å². The third-order valence-electron chi connectivity index (χ3n) is 2.35. The first-order valence-electron chi connectivity index (χ1n) is 4.78. The van der Waals surface area contributed by atoms with E-state index in [9.17, 15) is 0 Å². The quantitative estimate of drug-likeness (QED) is 0.297. The minimum absolute atomic E-state index is 0.432. The molecule has 0 amide bonds. The van der Waals surface area contributed by atoms with E-state index in [0.717, 1.165) is 12.5 Å². The lowest BCUT2D eigenvalue weighted by molar-refractivity contribution is 0.300. The molecular weight excluding hydrogens is 164 g/mol. The highest BCUT2D eigenvalue weighted by Gasteiger charge is 2.15. The second-order valence-corrected chi connectivity index (χ2v) is 3.54. The Morgan fingerprint density at radius 3 is 2.31 bits per heavy atom. The molecule has 0 saturated heterocycles. The van der Waals surface area contributed by atoms with Gasteiger partial charge in [-0.3, -0.25) is 10.4 Å². The molecule has 13 heavy (non-hydrogen) atoms. The van der Waals surface area contributed by atoms with Gasteiger partial charge in [0.15, 0.2) is 0 Å². The zero-order valence-electron chi connectivity index (χ0n) is 9.33. The molecule has 0 radical (unpaired) electrons. The molecule has 0 bridgehead atoms. The minimum Gasteiger partial charge on any atom is -0.342 e. The molecule has 78 valence electrons. The van der Waals surface area contributed by atoms with E-state index in [-0.39, 0.29) is 0 Å². The average Bonchev–Trinajstić information content (AvgIpc) is 2.11. The number of guanidine groups is 1. The second-order valence-electron chi connectivity index (χ2n) is 3.54. The number of hydrogen-bond donors (Lipinski definition) is 2. The summed E-state index contributed by atoms with van der Waals surface area (Å²) in [5.74, 6) is 6.71. The van der Waals surface area contributed by atoms with Crippen LogP contribution < -0.4 is 11.3 Å². The van der Waals surface area contributed by atoms with Crippen LogP contribution in [-0.4, -0.2) is 30.5 Å². The summed E-state index contributed by atoms with van der Waals surface area (Å²) in [5.41, 5.74) is 2.61. The number of aliphatic imine (C=N–C) groups is 1. The summed E-state index contributed by atoms with van der Waals surface area (Å²) in [6.07, 6.45) is 0. The number of nitrogens with one attached hydrogen (secondary N) is 1. The maximum absolute atomic E-state index is 5.38. The number of rotatable bonds is 3. The van der Waals surface area contributed by atoms with Crippen molar-refractivity contribution in [2.45, 2.75) is 33.7 Å². The maximum atomic E-state index is 5.38. The van der Waals surface area contributed by atoms with Gasteiger partial charge in [-0.25, -0.2) is 5.84 Å². The van der Waals surface area contributed by atoms with Crippen LogP contribution in [0.3, 0.4) is 0 Å². The molecule has 0 aromatic rings. The van der Waals surface area contributed by atoms with E-state index >= 15 is 0 Å². The summed E-state index contributed by atoms with van der Waals surface area (Å²) in [6.45, 7) is 9.26. The van der Waals surface area contributed by atoms with Gasteiger partial charge in [0.2, 0.25) is 5.96 Å². The lowest BCUT2D eigenvalue weighted by atomic mass is 10.1. The van der Waals surface area contributed by atoms with Gasteiger partial charge in [-0.15, -0.1) is 0 Å².